The Bertz CT molecular complexity index is 783. The van der Waals surface area contributed by atoms with Crippen LogP contribution in [0.15, 0.2) is 36.7 Å². The van der Waals surface area contributed by atoms with E-state index in [-0.39, 0.29) is 11.5 Å². The van der Waals surface area contributed by atoms with Crippen LogP contribution < -0.4 is 5.73 Å². The van der Waals surface area contributed by atoms with Crippen LogP contribution in [-0.2, 0) is 11.2 Å². The molecule has 5 nitrogen and oxygen atoms in total. The maximum atomic E-state index is 11.4. The monoisotopic (exact) mass is 284 g/mol. The number of nitrogens with zero attached hydrogens (tertiary/aromatic N) is 2. The predicted molar refractivity (Wildman–Crippen MR) is 81.4 cm³/mol. The fourth-order valence-corrected chi connectivity index (χ4v) is 2.46. The Kier molecular flexibility index (Phi) is 3.15. The van der Waals surface area contributed by atoms with E-state index in [0.29, 0.717) is 11.5 Å². The lowest BCUT2D eigenvalue weighted by atomic mass is 9.96. The zero-order chi connectivity index (χ0) is 14.1. The van der Waals surface area contributed by atoms with E-state index in [9.17, 15) is 4.79 Å². The Hall–Kier alpha value is -2.34. The molecule has 100 valence electrons. The lowest BCUT2D eigenvalue weighted by Crippen LogP contribution is -2.04. The second-order valence-corrected chi connectivity index (χ2v) is 4.94. The van der Waals surface area contributed by atoms with Crippen molar-refractivity contribution in [2.45, 2.75) is 6.42 Å². The number of nitrogen functional groups attached to an aromatic ring is 1. The molecule has 0 bridgehead atoms. The van der Waals surface area contributed by atoms with Gasteiger partial charge in [-0.3, -0.25) is 9.89 Å². The van der Waals surface area contributed by atoms with Crippen LogP contribution in [0, 0.1) is 0 Å². The van der Waals surface area contributed by atoms with Gasteiger partial charge in [-0.15, -0.1) is 12.6 Å². The summed E-state index contributed by atoms with van der Waals surface area (Å²) in [6.07, 6.45) is 1.57. The number of hydrogen-bond acceptors (Lipinski definition) is 4. The lowest BCUT2D eigenvalue weighted by Gasteiger charge is -2.12. The van der Waals surface area contributed by atoms with Gasteiger partial charge in [0.25, 0.3) is 0 Å². The molecule has 0 amide bonds. The van der Waals surface area contributed by atoms with E-state index in [4.69, 9.17) is 5.73 Å². The third-order valence-corrected chi connectivity index (χ3v) is 3.36. The molecule has 0 aliphatic heterocycles. The minimum Gasteiger partial charge on any atom is -0.398 e. The first-order chi connectivity index (χ1) is 9.66. The Morgan fingerprint density at radius 1 is 1.35 bits per heavy atom. The van der Waals surface area contributed by atoms with Crippen LogP contribution >= 0.6 is 12.6 Å². The Labute approximate surface area is 120 Å². The highest BCUT2D eigenvalue weighted by Gasteiger charge is 2.16. The summed E-state index contributed by atoms with van der Waals surface area (Å²) in [5.74, 6) is 0.590. The van der Waals surface area contributed by atoms with Crippen molar-refractivity contribution in [1.82, 2.24) is 15.2 Å². The molecule has 0 atom stereocenters. The van der Waals surface area contributed by atoms with Gasteiger partial charge in [-0.1, -0.05) is 24.3 Å². The molecule has 0 unspecified atom stereocenters. The van der Waals surface area contributed by atoms with Crippen molar-refractivity contribution in [3.63, 3.8) is 0 Å². The molecule has 6 heteroatoms. The van der Waals surface area contributed by atoms with Gasteiger partial charge < -0.3 is 5.73 Å². The topological polar surface area (TPSA) is 84.7 Å². The van der Waals surface area contributed by atoms with Gasteiger partial charge in [-0.25, -0.2) is 4.98 Å². The highest BCUT2D eigenvalue weighted by molar-refractivity contribution is 7.96. The van der Waals surface area contributed by atoms with Crippen LogP contribution in [0.4, 0.5) is 5.69 Å². The largest absolute Gasteiger partial charge is 0.398 e. The molecule has 3 aromatic rings. The molecule has 0 saturated heterocycles. The molecule has 0 saturated carbocycles. The number of nitrogens with one attached hydrogen (secondary N) is 1. The summed E-state index contributed by atoms with van der Waals surface area (Å²) >= 11 is 3.85. The van der Waals surface area contributed by atoms with Crippen LogP contribution in [0.5, 0.6) is 0 Å². The van der Waals surface area contributed by atoms with Gasteiger partial charge in [-0.2, -0.15) is 5.10 Å². The molecule has 3 rings (SSSR count). The molecule has 1 aromatic heterocycles. The summed E-state index contributed by atoms with van der Waals surface area (Å²) in [7, 11) is 0. The molecular weight excluding hydrogens is 272 g/mol. The van der Waals surface area contributed by atoms with Gasteiger partial charge in [-0.05, 0) is 17.0 Å². The van der Waals surface area contributed by atoms with E-state index in [1.807, 2.05) is 30.3 Å². The van der Waals surface area contributed by atoms with Gasteiger partial charge in [0.05, 0.1) is 0 Å². The molecule has 0 aliphatic rings. The highest BCUT2D eigenvalue weighted by Crippen LogP contribution is 2.33. The SMILES string of the molecule is Nc1c(CC(=O)S)c(-c2ncn[nH]2)cc2ccccc12. The molecule has 0 fully saturated rings. The van der Waals surface area contributed by atoms with Crippen molar-refractivity contribution < 1.29 is 4.79 Å². The van der Waals surface area contributed by atoms with Crippen LogP contribution in [0.2, 0.25) is 0 Å². The average Bonchev–Trinajstić information content (AvgIpc) is 2.95. The number of benzene rings is 2. The van der Waals surface area contributed by atoms with Crippen LogP contribution in [0.25, 0.3) is 22.2 Å². The normalized spacial score (nSPS) is 10.8. The molecule has 0 radical (unpaired) electrons. The van der Waals surface area contributed by atoms with Gasteiger partial charge >= 0.3 is 0 Å². The maximum Gasteiger partial charge on any atom is 0.190 e. The van der Waals surface area contributed by atoms with Crippen molar-refractivity contribution in [2.75, 3.05) is 5.73 Å². The number of thiol groups is 1. The molecule has 20 heavy (non-hydrogen) atoms. The van der Waals surface area contributed by atoms with Gasteiger partial charge in [0.15, 0.2) is 10.9 Å². The average molecular weight is 284 g/mol. The van der Waals surface area contributed by atoms with E-state index in [0.717, 1.165) is 21.9 Å². The maximum absolute atomic E-state index is 11.4. The molecule has 1 heterocycles. The van der Waals surface area contributed by atoms with Crippen molar-refractivity contribution in [3.8, 4) is 11.4 Å². The second kappa shape index (κ2) is 4.97. The number of carbonyl (C=O) groups excluding carboxylic acids is 1. The number of H-pyrrole nitrogens is 1. The first kappa shape index (κ1) is 12.7. The minimum atomic E-state index is -0.243. The minimum absolute atomic E-state index is 0.149. The molecule has 0 aliphatic carbocycles. The standard InChI is InChI=1S/C14H12N4OS/c15-13-9-4-2-1-3-8(9)5-11(10(13)6-12(19)20)14-16-7-17-18-14/h1-5,7H,6,15H2,(H,19,20)(H,16,17,18). The number of aromatic nitrogens is 3. The van der Waals surface area contributed by atoms with Crippen LogP contribution in [-0.4, -0.2) is 20.3 Å². The zero-order valence-corrected chi connectivity index (χ0v) is 11.4. The summed E-state index contributed by atoms with van der Waals surface area (Å²) in [5, 5.41) is 8.32. The van der Waals surface area contributed by atoms with E-state index >= 15 is 0 Å². The third kappa shape index (κ3) is 2.14. The summed E-state index contributed by atoms with van der Waals surface area (Å²) < 4.78 is 0. The quantitative estimate of drug-likeness (QED) is 0.508. The number of aromatic amines is 1. The van der Waals surface area contributed by atoms with Crippen LogP contribution in [0.3, 0.4) is 0 Å². The van der Waals surface area contributed by atoms with E-state index in [2.05, 4.69) is 27.8 Å². The number of anilines is 1. The highest BCUT2D eigenvalue weighted by atomic mass is 32.1. The van der Waals surface area contributed by atoms with E-state index in [1.165, 1.54) is 6.33 Å². The Balaban J connectivity index is 2.33. The Morgan fingerprint density at radius 2 is 2.15 bits per heavy atom. The van der Waals surface area contributed by atoms with Crippen LogP contribution in [0.1, 0.15) is 5.56 Å². The van der Waals surface area contributed by atoms with Gasteiger partial charge in [0, 0.05) is 23.1 Å². The Morgan fingerprint density at radius 3 is 2.85 bits per heavy atom. The summed E-state index contributed by atoms with van der Waals surface area (Å²) in [6, 6.07) is 9.71. The number of nitrogens with two attached hydrogens (primary N) is 1. The molecular formula is C14H12N4OS. The first-order valence-corrected chi connectivity index (χ1v) is 6.49. The number of fused-ring (bicyclic) bond motifs is 1. The first-order valence-electron chi connectivity index (χ1n) is 6.04. The summed E-state index contributed by atoms with van der Waals surface area (Å²) in [6.45, 7) is 0. The summed E-state index contributed by atoms with van der Waals surface area (Å²) in [4.78, 5) is 15.5. The number of hydrogen-bond donors (Lipinski definition) is 3. The van der Waals surface area contributed by atoms with E-state index in [1.54, 1.807) is 0 Å². The van der Waals surface area contributed by atoms with Crippen molar-refractivity contribution in [2.24, 2.45) is 0 Å². The van der Waals surface area contributed by atoms with Crippen molar-refractivity contribution in [1.29, 1.82) is 0 Å². The van der Waals surface area contributed by atoms with Crippen molar-refractivity contribution in [3.05, 3.63) is 42.2 Å². The summed E-state index contributed by atoms with van der Waals surface area (Å²) in [5.41, 5.74) is 8.31. The fraction of sp³-hybridized carbons (Fsp3) is 0.0714. The van der Waals surface area contributed by atoms with Gasteiger partial charge in [0.1, 0.15) is 6.33 Å². The zero-order valence-electron chi connectivity index (χ0n) is 10.5. The lowest BCUT2D eigenvalue weighted by molar-refractivity contribution is -0.110. The molecule has 0 spiro atoms. The second-order valence-electron chi connectivity index (χ2n) is 4.44. The smallest absolute Gasteiger partial charge is 0.190 e. The number of rotatable bonds is 3. The predicted octanol–water partition coefficient (Wildman–Crippen LogP) is 2.21. The van der Waals surface area contributed by atoms with Crippen molar-refractivity contribution >= 4 is 34.2 Å². The third-order valence-electron chi connectivity index (χ3n) is 3.20. The molecule has 3 N–H and O–H groups in total. The number of carbonyl (C=O) groups is 1. The fourth-order valence-electron chi connectivity index (χ4n) is 2.31. The van der Waals surface area contributed by atoms with Gasteiger partial charge in [0.2, 0.25) is 0 Å². The molecule has 2 aromatic carbocycles. The van der Waals surface area contributed by atoms with E-state index < -0.39 is 0 Å².